The van der Waals surface area contributed by atoms with Crippen molar-refractivity contribution in [1.29, 1.82) is 0 Å². The second-order valence-corrected chi connectivity index (χ2v) is 8.94. The maximum Gasteiger partial charge on any atom is 0.261 e. The topological polar surface area (TPSA) is 105 Å². The lowest BCUT2D eigenvalue weighted by molar-refractivity contribution is 0.498. The summed E-state index contributed by atoms with van der Waals surface area (Å²) >= 11 is 0. The Bertz CT molecular complexity index is 1130. The maximum atomic E-state index is 13.0. The quantitative estimate of drug-likeness (QED) is 0.623. The normalized spacial score (nSPS) is 12.0. The van der Waals surface area contributed by atoms with Crippen LogP contribution in [0.2, 0.25) is 0 Å². The first-order valence-corrected chi connectivity index (χ1v) is 10.6. The summed E-state index contributed by atoms with van der Waals surface area (Å²) in [5.41, 5.74) is 0.0557. The van der Waals surface area contributed by atoms with Crippen LogP contribution in [0.25, 0.3) is 0 Å². The standard InChI is InChI=1S/C17H15FN2O5S2/c18-13-6-8-16(9-7-13)27(23,24)20-14-3-1-5-17(11-14)26(21,22)19-12-15-4-2-10-25-15/h1-11,19-20H,12H2. The van der Waals surface area contributed by atoms with Crippen molar-refractivity contribution in [3.63, 3.8) is 0 Å². The lowest BCUT2D eigenvalue weighted by Gasteiger charge is -2.10. The molecule has 27 heavy (non-hydrogen) atoms. The van der Waals surface area contributed by atoms with Crippen LogP contribution in [0.15, 0.2) is 81.1 Å². The van der Waals surface area contributed by atoms with Crippen LogP contribution in [0, 0.1) is 5.82 Å². The number of anilines is 1. The zero-order valence-corrected chi connectivity index (χ0v) is 15.4. The minimum Gasteiger partial charge on any atom is -0.468 e. The molecule has 0 aliphatic carbocycles. The molecule has 1 aromatic heterocycles. The molecule has 3 aromatic rings. The highest BCUT2D eigenvalue weighted by atomic mass is 32.2. The van der Waals surface area contributed by atoms with Crippen LogP contribution in [-0.4, -0.2) is 16.8 Å². The first kappa shape index (κ1) is 19.1. The van der Waals surface area contributed by atoms with Gasteiger partial charge in [0.25, 0.3) is 10.0 Å². The predicted octanol–water partition coefficient (Wildman–Crippen LogP) is 2.70. The molecule has 7 nitrogen and oxygen atoms in total. The fourth-order valence-corrected chi connectivity index (χ4v) is 4.31. The van der Waals surface area contributed by atoms with Gasteiger partial charge in [-0.1, -0.05) is 6.07 Å². The SMILES string of the molecule is O=S(=O)(NCc1ccco1)c1cccc(NS(=O)(=O)c2ccc(F)cc2)c1. The van der Waals surface area contributed by atoms with Gasteiger partial charge < -0.3 is 4.42 Å². The predicted molar refractivity (Wildman–Crippen MR) is 96.4 cm³/mol. The van der Waals surface area contributed by atoms with E-state index in [2.05, 4.69) is 9.44 Å². The molecular weight excluding hydrogens is 395 g/mol. The Morgan fingerprint density at radius 1 is 0.852 bits per heavy atom. The van der Waals surface area contributed by atoms with Crippen LogP contribution in [0.4, 0.5) is 10.1 Å². The summed E-state index contributed by atoms with van der Waals surface area (Å²) in [5, 5.41) is 0. The fraction of sp³-hybridized carbons (Fsp3) is 0.0588. The summed E-state index contributed by atoms with van der Waals surface area (Å²) in [6.07, 6.45) is 1.43. The summed E-state index contributed by atoms with van der Waals surface area (Å²) in [7, 11) is -7.87. The van der Waals surface area contributed by atoms with Gasteiger partial charge in [-0.2, -0.15) is 0 Å². The Balaban J connectivity index is 1.79. The van der Waals surface area contributed by atoms with E-state index in [1.54, 1.807) is 12.1 Å². The van der Waals surface area contributed by atoms with E-state index in [9.17, 15) is 21.2 Å². The molecule has 0 atom stereocenters. The average molecular weight is 410 g/mol. The lowest BCUT2D eigenvalue weighted by Crippen LogP contribution is -2.23. The number of benzene rings is 2. The summed E-state index contributed by atoms with van der Waals surface area (Å²) in [6, 6.07) is 12.9. The zero-order chi connectivity index (χ0) is 19.5. The number of rotatable bonds is 7. The number of halogens is 1. The molecule has 0 amide bonds. The summed E-state index contributed by atoms with van der Waals surface area (Å²) in [6.45, 7) is -0.0408. The van der Waals surface area contributed by atoms with E-state index in [-0.39, 0.29) is 22.0 Å². The van der Waals surface area contributed by atoms with E-state index in [1.165, 1.54) is 30.5 Å². The molecule has 3 rings (SSSR count). The zero-order valence-electron chi connectivity index (χ0n) is 13.8. The molecule has 0 unspecified atom stereocenters. The Morgan fingerprint density at radius 3 is 2.26 bits per heavy atom. The second-order valence-electron chi connectivity index (χ2n) is 5.49. The molecule has 0 aliphatic rings. The van der Waals surface area contributed by atoms with Crippen LogP contribution >= 0.6 is 0 Å². The van der Waals surface area contributed by atoms with Crippen molar-refractivity contribution in [2.45, 2.75) is 16.3 Å². The minimum absolute atomic E-state index is 0.0408. The van der Waals surface area contributed by atoms with Gasteiger partial charge in [-0.05, 0) is 54.6 Å². The lowest BCUT2D eigenvalue weighted by atomic mass is 10.3. The second kappa shape index (κ2) is 7.51. The van der Waals surface area contributed by atoms with Gasteiger partial charge in [0.05, 0.1) is 28.3 Å². The molecule has 0 radical (unpaired) electrons. The van der Waals surface area contributed by atoms with Gasteiger partial charge in [0.15, 0.2) is 0 Å². The highest BCUT2D eigenvalue weighted by molar-refractivity contribution is 7.92. The smallest absolute Gasteiger partial charge is 0.261 e. The summed E-state index contributed by atoms with van der Waals surface area (Å²) < 4.78 is 72.1. The largest absolute Gasteiger partial charge is 0.468 e. The van der Waals surface area contributed by atoms with E-state index in [4.69, 9.17) is 4.42 Å². The maximum absolute atomic E-state index is 13.0. The highest BCUT2D eigenvalue weighted by Gasteiger charge is 2.18. The van der Waals surface area contributed by atoms with Crippen molar-refractivity contribution < 1.29 is 25.6 Å². The van der Waals surface area contributed by atoms with Crippen molar-refractivity contribution in [2.24, 2.45) is 0 Å². The Kier molecular flexibility index (Phi) is 5.31. The monoisotopic (exact) mass is 410 g/mol. The molecule has 0 saturated carbocycles. The van der Waals surface area contributed by atoms with Gasteiger partial charge in [-0.25, -0.2) is 25.9 Å². The molecule has 10 heteroatoms. The van der Waals surface area contributed by atoms with Crippen LogP contribution < -0.4 is 9.44 Å². The molecule has 0 bridgehead atoms. The number of nitrogens with one attached hydrogen (secondary N) is 2. The third kappa shape index (κ3) is 4.73. The van der Waals surface area contributed by atoms with Crippen LogP contribution in [-0.2, 0) is 26.6 Å². The van der Waals surface area contributed by atoms with Crippen LogP contribution in [0.5, 0.6) is 0 Å². The Morgan fingerprint density at radius 2 is 1.59 bits per heavy atom. The van der Waals surface area contributed by atoms with E-state index < -0.39 is 25.9 Å². The van der Waals surface area contributed by atoms with Crippen molar-refractivity contribution in [2.75, 3.05) is 4.72 Å². The van der Waals surface area contributed by atoms with Crippen molar-refractivity contribution >= 4 is 25.7 Å². The van der Waals surface area contributed by atoms with E-state index in [0.717, 1.165) is 24.3 Å². The Hall–Kier alpha value is -2.69. The first-order valence-electron chi connectivity index (χ1n) is 7.67. The number of hydrogen-bond donors (Lipinski definition) is 2. The van der Waals surface area contributed by atoms with Crippen LogP contribution in [0.3, 0.4) is 0 Å². The van der Waals surface area contributed by atoms with E-state index in [0.29, 0.717) is 5.76 Å². The third-order valence-corrected chi connectivity index (χ3v) is 6.33. The van der Waals surface area contributed by atoms with E-state index >= 15 is 0 Å². The molecule has 142 valence electrons. The highest BCUT2D eigenvalue weighted by Crippen LogP contribution is 2.20. The van der Waals surface area contributed by atoms with Gasteiger partial charge >= 0.3 is 0 Å². The minimum atomic E-state index is -3.99. The van der Waals surface area contributed by atoms with Crippen molar-refractivity contribution in [1.82, 2.24) is 4.72 Å². The number of furan rings is 1. The molecule has 2 aromatic carbocycles. The number of sulfonamides is 2. The van der Waals surface area contributed by atoms with Gasteiger partial charge in [-0.3, -0.25) is 4.72 Å². The average Bonchev–Trinajstić information content (AvgIpc) is 3.14. The summed E-state index contributed by atoms with van der Waals surface area (Å²) in [5.74, 6) is -0.128. The molecule has 0 spiro atoms. The molecule has 0 saturated heterocycles. The van der Waals surface area contributed by atoms with Gasteiger partial charge in [0.1, 0.15) is 11.6 Å². The van der Waals surface area contributed by atoms with Gasteiger partial charge in [0.2, 0.25) is 10.0 Å². The first-order chi connectivity index (χ1) is 12.8. The third-order valence-electron chi connectivity index (χ3n) is 3.54. The number of hydrogen-bond acceptors (Lipinski definition) is 5. The van der Waals surface area contributed by atoms with Crippen molar-refractivity contribution in [3.8, 4) is 0 Å². The summed E-state index contributed by atoms with van der Waals surface area (Å²) in [4.78, 5) is -0.263. The molecule has 1 heterocycles. The molecular formula is C17H15FN2O5S2. The molecule has 0 aliphatic heterocycles. The fourth-order valence-electron chi connectivity index (χ4n) is 2.22. The van der Waals surface area contributed by atoms with E-state index in [1.807, 2.05) is 0 Å². The van der Waals surface area contributed by atoms with Gasteiger partial charge in [-0.15, -0.1) is 0 Å². The van der Waals surface area contributed by atoms with Crippen LogP contribution in [0.1, 0.15) is 5.76 Å². The molecule has 0 fully saturated rings. The molecule has 2 N–H and O–H groups in total. The van der Waals surface area contributed by atoms with Gasteiger partial charge in [0, 0.05) is 0 Å². The van der Waals surface area contributed by atoms with Crippen molar-refractivity contribution in [3.05, 3.63) is 78.5 Å². The Labute approximate surface area is 155 Å².